The molecule has 124 valence electrons. The highest BCUT2D eigenvalue weighted by Crippen LogP contribution is 2.24. The Balaban J connectivity index is 2.28. The molecule has 2 rings (SSSR count). The zero-order valence-electron chi connectivity index (χ0n) is 13.6. The third-order valence-electron chi connectivity index (χ3n) is 3.46. The number of rotatable bonds is 5. The standard InChI is InChI=1S/C20H19FO3/c1-13(2)6-8-15-11-17(18(21)12-20(15)24)19(23)9-7-14-4-3-5-16(22)10-14/h3-7,9-12,22,24H,8H2,1-2H3/b9-7+. The smallest absolute Gasteiger partial charge is 0.188 e. The molecule has 4 heteroatoms. The summed E-state index contributed by atoms with van der Waals surface area (Å²) in [6.45, 7) is 3.84. The highest BCUT2D eigenvalue weighted by Gasteiger charge is 2.13. The summed E-state index contributed by atoms with van der Waals surface area (Å²) in [5.41, 5.74) is 2.09. The van der Waals surface area contributed by atoms with Crippen LogP contribution < -0.4 is 0 Å². The second-order valence-electron chi connectivity index (χ2n) is 5.74. The van der Waals surface area contributed by atoms with Gasteiger partial charge >= 0.3 is 0 Å². The number of hydrogen-bond donors (Lipinski definition) is 2. The molecular weight excluding hydrogens is 307 g/mol. The number of aromatic hydroxyl groups is 2. The predicted octanol–water partition coefficient (Wildman–Crippen LogP) is 4.64. The van der Waals surface area contributed by atoms with Crippen LogP contribution in [0.3, 0.4) is 0 Å². The lowest BCUT2D eigenvalue weighted by atomic mass is 10.0. The first-order valence-corrected chi connectivity index (χ1v) is 7.53. The van der Waals surface area contributed by atoms with Crippen LogP contribution in [0.2, 0.25) is 0 Å². The number of ketones is 1. The minimum Gasteiger partial charge on any atom is -0.508 e. The lowest BCUT2D eigenvalue weighted by molar-refractivity contribution is 0.104. The lowest BCUT2D eigenvalue weighted by Crippen LogP contribution is -2.01. The number of carbonyl (C=O) groups excluding carboxylic acids is 1. The van der Waals surface area contributed by atoms with Crippen molar-refractivity contribution in [1.82, 2.24) is 0 Å². The van der Waals surface area contributed by atoms with E-state index in [1.54, 1.807) is 12.1 Å². The topological polar surface area (TPSA) is 57.5 Å². The van der Waals surface area contributed by atoms with Crippen LogP contribution in [-0.2, 0) is 6.42 Å². The van der Waals surface area contributed by atoms with Crippen molar-refractivity contribution in [2.45, 2.75) is 20.3 Å². The Bertz CT molecular complexity index is 816. The monoisotopic (exact) mass is 326 g/mol. The van der Waals surface area contributed by atoms with E-state index in [0.29, 0.717) is 17.5 Å². The second kappa shape index (κ2) is 7.59. The number of benzene rings is 2. The third kappa shape index (κ3) is 4.56. The van der Waals surface area contributed by atoms with Crippen LogP contribution in [0.25, 0.3) is 6.08 Å². The van der Waals surface area contributed by atoms with E-state index in [9.17, 15) is 19.4 Å². The van der Waals surface area contributed by atoms with E-state index in [1.807, 2.05) is 19.9 Å². The lowest BCUT2D eigenvalue weighted by Gasteiger charge is -2.06. The number of carbonyl (C=O) groups is 1. The summed E-state index contributed by atoms with van der Waals surface area (Å²) in [7, 11) is 0. The molecule has 0 aliphatic rings. The first-order chi connectivity index (χ1) is 11.4. The number of allylic oxidation sites excluding steroid dienone is 3. The normalized spacial score (nSPS) is 10.8. The Kier molecular flexibility index (Phi) is 5.53. The predicted molar refractivity (Wildman–Crippen MR) is 92.7 cm³/mol. The molecule has 3 nitrogen and oxygen atoms in total. The molecule has 0 heterocycles. The largest absolute Gasteiger partial charge is 0.508 e. The van der Waals surface area contributed by atoms with Crippen molar-refractivity contribution < 1.29 is 19.4 Å². The molecule has 0 fully saturated rings. The van der Waals surface area contributed by atoms with Gasteiger partial charge in [0.25, 0.3) is 0 Å². The quantitative estimate of drug-likeness (QED) is 0.478. The van der Waals surface area contributed by atoms with Gasteiger partial charge in [-0.1, -0.05) is 29.9 Å². The molecule has 0 aromatic heterocycles. The summed E-state index contributed by atoms with van der Waals surface area (Å²) in [6.07, 6.45) is 5.06. The van der Waals surface area contributed by atoms with Crippen molar-refractivity contribution in [1.29, 1.82) is 0 Å². The summed E-state index contributed by atoms with van der Waals surface area (Å²) in [5.74, 6) is -1.35. The van der Waals surface area contributed by atoms with Gasteiger partial charge in [-0.05, 0) is 55.7 Å². The molecule has 0 saturated heterocycles. The van der Waals surface area contributed by atoms with E-state index in [1.165, 1.54) is 30.4 Å². The SMILES string of the molecule is CC(C)=CCc1cc(C(=O)/C=C/c2cccc(O)c2)c(F)cc1O. The van der Waals surface area contributed by atoms with E-state index < -0.39 is 11.6 Å². The van der Waals surface area contributed by atoms with Crippen molar-refractivity contribution in [2.75, 3.05) is 0 Å². The molecular formula is C20H19FO3. The van der Waals surface area contributed by atoms with E-state index in [4.69, 9.17) is 0 Å². The average molecular weight is 326 g/mol. The Hall–Kier alpha value is -2.88. The maximum Gasteiger partial charge on any atom is 0.188 e. The number of phenolic OH excluding ortho intramolecular Hbond substituents is 2. The van der Waals surface area contributed by atoms with Gasteiger partial charge in [-0.3, -0.25) is 4.79 Å². The minimum atomic E-state index is -0.765. The van der Waals surface area contributed by atoms with Crippen molar-refractivity contribution in [2.24, 2.45) is 0 Å². The van der Waals surface area contributed by atoms with Gasteiger partial charge < -0.3 is 10.2 Å². The van der Waals surface area contributed by atoms with Gasteiger partial charge in [0.15, 0.2) is 5.78 Å². The van der Waals surface area contributed by atoms with Crippen LogP contribution in [-0.4, -0.2) is 16.0 Å². The van der Waals surface area contributed by atoms with Crippen LogP contribution in [0.1, 0.15) is 35.3 Å². The molecule has 0 aliphatic heterocycles. The molecule has 0 radical (unpaired) electrons. The summed E-state index contributed by atoms with van der Waals surface area (Å²) >= 11 is 0. The summed E-state index contributed by atoms with van der Waals surface area (Å²) in [5, 5.41) is 19.2. The van der Waals surface area contributed by atoms with E-state index in [2.05, 4.69) is 0 Å². The number of hydrogen-bond acceptors (Lipinski definition) is 3. The molecule has 2 N–H and O–H groups in total. The number of halogens is 1. The van der Waals surface area contributed by atoms with Crippen LogP contribution in [0.5, 0.6) is 11.5 Å². The number of phenols is 2. The molecule has 0 amide bonds. The first kappa shape index (κ1) is 17.5. The van der Waals surface area contributed by atoms with Crippen LogP contribution in [0.15, 0.2) is 54.1 Å². The fourth-order valence-electron chi connectivity index (χ4n) is 2.16. The molecule has 2 aromatic carbocycles. The maximum absolute atomic E-state index is 14.0. The molecule has 0 unspecified atom stereocenters. The minimum absolute atomic E-state index is 0.0874. The summed E-state index contributed by atoms with van der Waals surface area (Å²) < 4.78 is 14.0. The Morgan fingerprint density at radius 2 is 1.92 bits per heavy atom. The molecule has 2 aromatic rings. The van der Waals surface area contributed by atoms with E-state index in [-0.39, 0.29) is 17.1 Å². The van der Waals surface area contributed by atoms with Gasteiger partial charge in [0.2, 0.25) is 0 Å². The average Bonchev–Trinajstić information content (AvgIpc) is 2.51. The fourth-order valence-corrected chi connectivity index (χ4v) is 2.16. The highest BCUT2D eigenvalue weighted by molar-refractivity contribution is 6.07. The first-order valence-electron chi connectivity index (χ1n) is 7.53. The van der Waals surface area contributed by atoms with Gasteiger partial charge in [0, 0.05) is 6.07 Å². The fraction of sp³-hybridized carbons (Fsp3) is 0.150. The van der Waals surface area contributed by atoms with Gasteiger partial charge in [-0.2, -0.15) is 0 Å². The zero-order valence-corrected chi connectivity index (χ0v) is 13.6. The molecule has 24 heavy (non-hydrogen) atoms. The van der Waals surface area contributed by atoms with Crippen molar-refractivity contribution >= 4 is 11.9 Å². The molecule has 0 bridgehead atoms. The Labute approximate surface area is 140 Å². The van der Waals surface area contributed by atoms with Gasteiger partial charge in [0.1, 0.15) is 17.3 Å². The van der Waals surface area contributed by atoms with Crippen molar-refractivity contribution in [3.63, 3.8) is 0 Å². The molecule has 0 spiro atoms. The van der Waals surface area contributed by atoms with Crippen molar-refractivity contribution in [3.8, 4) is 11.5 Å². The van der Waals surface area contributed by atoms with Crippen LogP contribution in [0.4, 0.5) is 4.39 Å². The van der Waals surface area contributed by atoms with E-state index >= 15 is 0 Å². The van der Waals surface area contributed by atoms with Crippen LogP contribution >= 0.6 is 0 Å². The van der Waals surface area contributed by atoms with E-state index in [0.717, 1.165) is 11.6 Å². The van der Waals surface area contributed by atoms with Gasteiger partial charge in [-0.15, -0.1) is 0 Å². The van der Waals surface area contributed by atoms with Crippen LogP contribution in [0, 0.1) is 5.82 Å². The summed E-state index contributed by atoms with van der Waals surface area (Å²) in [4.78, 5) is 12.2. The highest BCUT2D eigenvalue weighted by atomic mass is 19.1. The maximum atomic E-state index is 14.0. The zero-order chi connectivity index (χ0) is 17.7. The molecule has 0 saturated carbocycles. The molecule has 0 aliphatic carbocycles. The Morgan fingerprint density at radius 1 is 1.17 bits per heavy atom. The third-order valence-corrected chi connectivity index (χ3v) is 3.46. The van der Waals surface area contributed by atoms with Gasteiger partial charge in [0.05, 0.1) is 5.56 Å². The second-order valence-corrected chi connectivity index (χ2v) is 5.74. The Morgan fingerprint density at radius 3 is 2.58 bits per heavy atom. The molecule has 0 atom stereocenters. The summed E-state index contributed by atoms with van der Waals surface area (Å²) in [6, 6.07) is 8.73. The van der Waals surface area contributed by atoms with Gasteiger partial charge in [-0.25, -0.2) is 4.39 Å². The van der Waals surface area contributed by atoms with Crippen molar-refractivity contribution in [3.05, 3.63) is 76.6 Å².